The number of carbonyl (C=O) groups is 1. The van der Waals surface area contributed by atoms with Crippen LogP contribution in [-0.4, -0.2) is 47.2 Å². The molecule has 0 aliphatic carbocycles. The van der Waals surface area contributed by atoms with Crippen LogP contribution in [0.25, 0.3) is 0 Å². The van der Waals surface area contributed by atoms with E-state index in [2.05, 4.69) is 16.4 Å². The van der Waals surface area contributed by atoms with Gasteiger partial charge in [0.15, 0.2) is 0 Å². The average Bonchev–Trinajstić information content (AvgIpc) is 3.02. The molecule has 0 unspecified atom stereocenters. The first-order chi connectivity index (χ1) is 12.6. The summed E-state index contributed by atoms with van der Waals surface area (Å²) in [5, 5.41) is 21.5. The summed E-state index contributed by atoms with van der Waals surface area (Å²) >= 11 is 1.55. The molecule has 0 fully saturated rings. The van der Waals surface area contributed by atoms with Crippen molar-refractivity contribution in [2.45, 2.75) is 51.8 Å². The lowest BCUT2D eigenvalue weighted by molar-refractivity contribution is -0.131. The van der Waals surface area contributed by atoms with E-state index in [4.69, 9.17) is 5.41 Å². The van der Waals surface area contributed by atoms with Crippen LogP contribution in [0.2, 0.25) is 0 Å². The van der Waals surface area contributed by atoms with Crippen molar-refractivity contribution >= 4 is 34.2 Å². The molecule has 1 atom stereocenters. The highest BCUT2D eigenvalue weighted by molar-refractivity contribution is 7.16. The second-order valence-corrected chi connectivity index (χ2v) is 7.69. The number of hydrogen-bond donors (Lipinski definition) is 3. The van der Waals surface area contributed by atoms with Crippen molar-refractivity contribution < 1.29 is 9.90 Å². The summed E-state index contributed by atoms with van der Waals surface area (Å²) in [6.07, 6.45) is 8.41. The Balaban J connectivity index is 1.65. The minimum atomic E-state index is -0.615. The van der Waals surface area contributed by atoms with Crippen molar-refractivity contribution in [3.8, 4) is 0 Å². The molecule has 0 bridgehead atoms. The van der Waals surface area contributed by atoms with Gasteiger partial charge in [-0.15, -0.1) is 11.3 Å². The third kappa shape index (κ3) is 4.22. The van der Waals surface area contributed by atoms with E-state index in [9.17, 15) is 9.90 Å². The Morgan fingerprint density at radius 3 is 3.12 bits per heavy atom. The summed E-state index contributed by atoms with van der Waals surface area (Å²) < 4.78 is 0. The Morgan fingerprint density at radius 2 is 2.42 bits per heavy atom. The summed E-state index contributed by atoms with van der Waals surface area (Å²) in [5.74, 6) is 0.158. The van der Waals surface area contributed by atoms with Crippen molar-refractivity contribution in [3.05, 3.63) is 28.2 Å². The molecule has 140 valence electrons. The molecule has 1 aromatic rings. The summed E-state index contributed by atoms with van der Waals surface area (Å²) in [5.41, 5.74) is 3.01. The predicted octanol–water partition coefficient (Wildman–Crippen LogP) is 2.95. The number of nitrogens with one attached hydrogen (secondary N) is 2. The van der Waals surface area contributed by atoms with Crippen LogP contribution >= 0.6 is 11.3 Å². The van der Waals surface area contributed by atoms with Crippen LogP contribution < -0.4 is 5.32 Å². The Morgan fingerprint density at radius 1 is 1.58 bits per heavy atom. The van der Waals surface area contributed by atoms with Gasteiger partial charge >= 0.3 is 0 Å². The molecule has 2 aliphatic rings. The maximum Gasteiger partial charge on any atom is 0.223 e. The largest absolute Gasteiger partial charge is 0.374 e. The highest BCUT2D eigenvalue weighted by Crippen LogP contribution is 2.36. The first-order valence-corrected chi connectivity index (χ1v) is 10.0. The second kappa shape index (κ2) is 8.60. The minimum absolute atomic E-state index is 0.158. The Kier molecular flexibility index (Phi) is 6.21. The van der Waals surface area contributed by atoms with Gasteiger partial charge in [0.25, 0.3) is 0 Å². The predicted molar refractivity (Wildman–Crippen MR) is 107 cm³/mol. The zero-order valence-corrected chi connectivity index (χ0v) is 15.9. The van der Waals surface area contributed by atoms with Gasteiger partial charge in [-0.25, -0.2) is 0 Å². The number of rotatable bonds is 7. The first-order valence-electron chi connectivity index (χ1n) is 9.19. The number of aliphatic hydroxyl groups excluding tert-OH is 1. The van der Waals surface area contributed by atoms with Crippen molar-refractivity contribution in [1.82, 2.24) is 4.90 Å². The molecule has 1 aromatic heterocycles. The van der Waals surface area contributed by atoms with Gasteiger partial charge in [0.1, 0.15) is 6.23 Å². The number of dihydropyridines is 1. The van der Waals surface area contributed by atoms with E-state index in [1.807, 2.05) is 17.9 Å². The van der Waals surface area contributed by atoms with Gasteiger partial charge in [-0.1, -0.05) is 13.0 Å². The van der Waals surface area contributed by atoms with Crippen LogP contribution in [0.4, 0.5) is 5.00 Å². The molecular weight excluding hydrogens is 348 g/mol. The average molecular weight is 375 g/mol. The molecular formula is C19H26N4O2S. The molecule has 3 heterocycles. The van der Waals surface area contributed by atoms with Crippen LogP contribution in [0.15, 0.2) is 17.1 Å². The Labute approximate surface area is 158 Å². The molecule has 2 aliphatic heterocycles. The van der Waals surface area contributed by atoms with Crippen LogP contribution in [0, 0.1) is 5.41 Å². The molecule has 3 rings (SSSR count). The number of anilines is 1. The molecule has 0 spiro atoms. The van der Waals surface area contributed by atoms with E-state index in [-0.39, 0.29) is 5.91 Å². The lowest BCUT2D eigenvalue weighted by Crippen LogP contribution is -2.35. The van der Waals surface area contributed by atoms with Crippen LogP contribution in [0.5, 0.6) is 0 Å². The second-order valence-electron chi connectivity index (χ2n) is 6.59. The third-order valence-corrected chi connectivity index (χ3v) is 5.96. The summed E-state index contributed by atoms with van der Waals surface area (Å²) in [4.78, 5) is 20.1. The van der Waals surface area contributed by atoms with E-state index in [0.717, 1.165) is 46.1 Å². The molecule has 26 heavy (non-hydrogen) atoms. The van der Waals surface area contributed by atoms with Crippen molar-refractivity contribution in [2.75, 3.05) is 18.4 Å². The summed E-state index contributed by atoms with van der Waals surface area (Å²) in [6.45, 7) is 4.00. The van der Waals surface area contributed by atoms with E-state index < -0.39 is 6.23 Å². The topological polar surface area (TPSA) is 88.8 Å². The van der Waals surface area contributed by atoms with E-state index in [1.165, 1.54) is 6.21 Å². The fraction of sp³-hybridized carbons (Fsp3) is 0.526. The zero-order chi connectivity index (χ0) is 18.5. The van der Waals surface area contributed by atoms with Gasteiger partial charge < -0.3 is 20.7 Å². The normalized spacial score (nSPS) is 17.5. The molecule has 0 saturated heterocycles. The van der Waals surface area contributed by atoms with Crippen molar-refractivity contribution in [2.24, 2.45) is 4.99 Å². The maximum atomic E-state index is 12.6. The molecule has 0 aromatic carbocycles. The van der Waals surface area contributed by atoms with Gasteiger partial charge in [-0.2, -0.15) is 0 Å². The zero-order valence-electron chi connectivity index (χ0n) is 15.1. The van der Waals surface area contributed by atoms with E-state index >= 15 is 0 Å². The molecule has 1 amide bonds. The smallest absolute Gasteiger partial charge is 0.223 e. The Bertz CT molecular complexity index is 738. The third-order valence-electron chi connectivity index (χ3n) is 4.80. The summed E-state index contributed by atoms with van der Waals surface area (Å²) in [7, 11) is 0. The number of nitrogens with zero attached hydrogens (tertiary/aromatic N) is 2. The summed E-state index contributed by atoms with van der Waals surface area (Å²) in [6, 6.07) is 0. The van der Waals surface area contributed by atoms with Gasteiger partial charge in [-0.05, 0) is 37.3 Å². The number of thiophene rings is 1. The van der Waals surface area contributed by atoms with Gasteiger partial charge in [0, 0.05) is 41.9 Å². The molecule has 0 saturated carbocycles. The quantitative estimate of drug-likeness (QED) is 0.506. The van der Waals surface area contributed by atoms with E-state index in [1.54, 1.807) is 11.3 Å². The van der Waals surface area contributed by atoms with Crippen molar-refractivity contribution in [1.29, 1.82) is 5.41 Å². The first kappa shape index (κ1) is 18.8. The lowest BCUT2D eigenvalue weighted by atomic mass is 10.0. The fourth-order valence-corrected chi connectivity index (χ4v) is 4.55. The molecule has 3 N–H and O–H groups in total. The maximum absolute atomic E-state index is 12.6. The molecule has 7 heteroatoms. The number of fused-ring (bicyclic) bond motifs is 1. The van der Waals surface area contributed by atoms with Crippen LogP contribution in [0.3, 0.4) is 0 Å². The minimum Gasteiger partial charge on any atom is -0.374 e. The highest BCUT2D eigenvalue weighted by atomic mass is 32.1. The number of allylic oxidation sites excluding steroid dienone is 1. The lowest BCUT2D eigenvalue weighted by Gasteiger charge is -2.27. The number of aliphatic imine (C=N–C) groups is 1. The SMILES string of the molecule is CC[C@H](O)Nc1sc2c(c1C=N)CCN(C(=O)CCC1=NCCC=C1)C2. The number of aliphatic hydroxyl groups is 1. The number of carbonyl (C=O) groups excluding carboxylic acids is 1. The van der Waals surface area contributed by atoms with Gasteiger partial charge in [-0.3, -0.25) is 9.79 Å². The highest BCUT2D eigenvalue weighted by Gasteiger charge is 2.26. The Hall–Kier alpha value is -1.99. The van der Waals surface area contributed by atoms with Gasteiger partial charge in [0.2, 0.25) is 5.91 Å². The van der Waals surface area contributed by atoms with Crippen LogP contribution in [-0.2, 0) is 17.8 Å². The molecule has 0 radical (unpaired) electrons. The van der Waals surface area contributed by atoms with Gasteiger partial charge in [0.05, 0.1) is 11.5 Å². The standard InChI is InChI=1S/C19H26N4O2S/c1-2-17(24)22-19-15(11-20)14-8-10-23(12-16(14)26-19)18(25)7-6-13-5-3-4-9-21-13/h3,5,11,17,20,22,24H,2,4,6-10,12H2,1H3/t17-/m0/s1. The monoisotopic (exact) mass is 374 g/mol. The fourth-order valence-electron chi connectivity index (χ4n) is 3.26. The number of amides is 1. The number of hydrogen-bond acceptors (Lipinski definition) is 6. The molecule has 6 nitrogen and oxygen atoms in total. The van der Waals surface area contributed by atoms with Crippen LogP contribution in [0.1, 0.15) is 48.6 Å². The van der Waals surface area contributed by atoms with Crippen molar-refractivity contribution in [3.63, 3.8) is 0 Å². The van der Waals surface area contributed by atoms with E-state index in [0.29, 0.717) is 32.4 Å².